The second kappa shape index (κ2) is 11.5. The maximum Gasteiger partial charge on any atom is 0.337 e. The van der Waals surface area contributed by atoms with Gasteiger partial charge in [-0.15, -0.1) is 0 Å². The first kappa shape index (κ1) is 26.2. The number of ether oxygens (including phenoxy) is 4. The molecule has 1 atom stereocenters. The van der Waals surface area contributed by atoms with Gasteiger partial charge in [0, 0.05) is 6.20 Å². The van der Waals surface area contributed by atoms with E-state index in [9.17, 15) is 9.59 Å². The number of rotatable bonds is 9. The minimum absolute atomic E-state index is 0.0735. The lowest BCUT2D eigenvalue weighted by Crippen LogP contribution is -2.39. The first-order chi connectivity index (χ1) is 17.9. The number of hydrogen-bond acceptors (Lipinski definition) is 8. The zero-order valence-electron chi connectivity index (χ0n) is 21.5. The maximum atomic E-state index is 13.7. The summed E-state index contributed by atoms with van der Waals surface area (Å²) in [5, 5.41) is 0. The molecule has 1 aliphatic heterocycles. The van der Waals surface area contributed by atoms with Gasteiger partial charge in [0.15, 0.2) is 16.3 Å². The lowest BCUT2D eigenvalue weighted by Gasteiger charge is -2.23. The number of esters is 1. The molecule has 3 aromatic rings. The van der Waals surface area contributed by atoms with Gasteiger partial charge in [-0.25, -0.2) is 9.79 Å². The predicted molar refractivity (Wildman–Crippen MR) is 142 cm³/mol. The van der Waals surface area contributed by atoms with Crippen molar-refractivity contribution in [2.75, 3.05) is 20.3 Å². The topological polar surface area (TPSA) is 88.4 Å². The summed E-state index contributed by atoms with van der Waals surface area (Å²) in [7, 11) is 1.31. The summed E-state index contributed by atoms with van der Waals surface area (Å²) in [4.78, 5) is 31.3. The molecule has 0 saturated carbocycles. The fraction of sp³-hybridized carbons (Fsp3) is 0.321. The quantitative estimate of drug-likeness (QED) is 0.399. The van der Waals surface area contributed by atoms with Crippen molar-refractivity contribution < 1.29 is 23.7 Å². The van der Waals surface area contributed by atoms with Crippen LogP contribution in [0.5, 0.6) is 17.2 Å². The molecule has 0 unspecified atom stereocenters. The average Bonchev–Trinajstić information content (AvgIpc) is 3.20. The van der Waals surface area contributed by atoms with Gasteiger partial charge in [-0.1, -0.05) is 29.5 Å². The van der Waals surface area contributed by atoms with Crippen molar-refractivity contribution in [1.82, 2.24) is 4.57 Å². The molecule has 0 fully saturated rings. The smallest absolute Gasteiger partial charge is 0.337 e. The number of carbonyl (C=O) groups is 1. The van der Waals surface area contributed by atoms with E-state index in [0.29, 0.717) is 39.6 Å². The van der Waals surface area contributed by atoms with Crippen LogP contribution in [0.25, 0.3) is 6.08 Å². The Bertz CT molecular complexity index is 1480. The molecule has 1 aromatic heterocycles. The van der Waals surface area contributed by atoms with Gasteiger partial charge < -0.3 is 18.9 Å². The van der Waals surface area contributed by atoms with Crippen molar-refractivity contribution in [3.8, 4) is 17.2 Å². The minimum Gasteiger partial charge on any atom is -0.491 e. The second-order valence-corrected chi connectivity index (χ2v) is 9.49. The van der Waals surface area contributed by atoms with Crippen LogP contribution in [0.1, 0.15) is 44.9 Å². The second-order valence-electron chi connectivity index (χ2n) is 8.48. The Hall–Kier alpha value is -3.85. The van der Waals surface area contributed by atoms with E-state index < -0.39 is 12.0 Å². The lowest BCUT2D eigenvalue weighted by atomic mass is 9.97. The van der Waals surface area contributed by atoms with Gasteiger partial charge >= 0.3 is 5.97 Å². The summed E-state index contributed by atoms with van der Waals surface area (Å²) in [5.74, 6) is 1.33. The Kier molecular flexibility index (Phi) is 8.13. The Labute approximate surface area is 219 Å². The summed E-state index contributed by atoms with van der Waals surface area (Å²) >= 11 is 1.26. The van der Waals surface area contributed by atoms with Gasteiger partial charge in [-0.05, 0) is 69.2 Å². The van der Waals surface area contributed by atoms with E-state index in [1.807, 2.05) is 64.1 Å². The van der Waals surface area contributed by atoms with E-state index in [2.05, 4.69) is 4.99 Å². The van der Waals surface area contributed by atoms with E-state index in [4.69, 9.17) is 18.9 Å². The molecule has 1 aliphatic rings. The van der Waals surface area contributed by atoms with Gasteiger partial charge in [0.05, 0.1) is 42.6 Å². The highest BCUT2D eigenvalue weighted by molar-refractivity contribution is 7.07. The van der Waals surface area contributed by atoms with Crippen molar-refractivity contribution in [2.45, 2.75) is 39.8 Å². The van der Waals surface area contributed by atoms with Crippen LogP contribution in [-0.4, -0.2) is 37.0 Å². The predicted octanol–water partition coefficient (Wildman–Crippen LogP) is 3.60. The van der Waals surface area contributed by atoms with Crippen LogP contribution in [-0.2, 0) is 9.53 Å². The van der Waals surface area contributed by atoms with Gasteiger partial charge in [-0.3, -0.25) is 9.36 Å². The van der Waals surface area contributed by atoms with E-state index in [0.717, 1.165) is 11.3 Å². The molecule has 0 saturated heterocycles. The number of hydrogen-bond donors (Lipinski definition) is 0. The highest BCUT2D eigenvalue weighted by Gasteiger charge is 2.31. The van der Waals surface area contributed by atoms with Crippen molar-refractivity contribution in [3.05, 3.63) is 85.1 Å². The standard InChI is InChI=1S/C28H30N2O6S/c1-6-34-22-13-10-19(15-23(22)35-7-2)25-21(27(32)33-5)16-29-28-30(25)26(31)24(37-28)14-18-8-11-20(12-9-18)36-17(3)4/h8-17,25H,6-7H2,1-5H3/b24-14-/t25-/m0/s1. The first-order valence-electron chi connectivity index (χ1n) is 12.1. The third-order valence-electron chi connectivity index (χ3n) is 5.56. The summed E-state index contributed by atoms with van der Waals surface area (Å²) in [5.41, 5.74) is 1.53. The fourth-order valence-electron chi connectivity index (χ4n) is 4.05. The number of thiazole rings is 1. The molecule has 0 spiro atoms. The largest absolute Gasteiger partial charge is 0.491 e. The molecule has 2 heterocycles. The van der Waals surface area contributed by atoms with Crippen molar-refractivity contribution in [2.24, 2.45) is 4.99 Å². The molecule has 0 aliphatic carbocycles. The number of methoxy groups -OCH3 is 1. The first-order valence-corrected chi connectivity index (χ1v) is 12.9. The summed E-state index contributed by atoms with van der Waals surface area (Å²) in [6, 6.07) is 12.2. The Balaban J connectivity index is 1.83. The summed E-state index contributed by atoms with van der Waals surface area (Å²) < 4.78 is 24.2. The molecule has 9 heteroatoms. The zero-order valence-corrected chi connectivity index (χ0v) is 22.3. The van der Waals surface area contributed by atoms with Crippen LogP contribution in [0, 0.1) is 0 Å². The average molecular weight is 523 g/mol. The van der Waals surface area contributed by atoms with Gasteiger partial charge in [0.1, 0.15) is 5.75 Å². The van der Waals surface area contributed by atoms with Crippen LogP contribution in [0.15, 0.2) is 64.0 Å². The third kappa shape index (κ3) is 5.61. The molecule has 0 bridgehead atoms. The third-order valence-corrected chi connectivity index (χ3v) is 6.55. The monoisotopic (exact) mass is 522 g/mol. The van der Waals surface area contributed by atoms with E-state index in [1.165, 1.54) is 29.2 Å². The molecule has 4 rings (SSSR count). The molecule has 0 radical (unpaired) electrons. The molecule has 37 heavy (non-hydrogen) atoms. The van der Waals surface area contributed by atoms with Crippen molar-refractivity contribution in [3.63, 3.8) is 0 Å². The Morgan fingerprint density at radius 2 is 1.78 bits per heavy atom. The van der Waals surface area contributed by atoms with Crippen LogP contribution in [0.4, 0.5) is 0 Å². The van der Waals surface area contributed by atoms with E-state index in [1.54, 1.807) is 12.1 Å². The fourth-order valence-corrected chi connectivity index (χ4v) is 5.02. The maximum absolute atomic E-state index is 13.7. The zero-order chi connectivity index (χ0) is 26.5. The van der Waals surface area contributed by atoms with Crippen molar-refractivity contribution in [1.29, 1.82) is 0 Å². The normalized spacial score (nSPS) is 15.0. The molecule has 0 N–H and O–H groups in total. The highest BCUT2D eigenvalue weighted by Crippen LogP contribution is 2.35. The number of nitrogens with zero attached hydrogens (tertiary/aromatic N) is 2. The minimum atomic E-state index is -0.734. The Morgan fingerprint density at radius 1 is 1.08 bits per heavy atom. The molecule has 2 aromatic carbocycles. The molecule has 8 nitrogen and oxygen atoms in total. The van der Waals surface area contributed by atoms with Crippen molar-refractivity contribution >= 4 is 23.4 Å². The number of fused-ring (bicyclic) bond motifs is 1. The lowest BCUT2D eigenvalue weighted by molar-refractivity contribution is -0.136. The van der Waals surface area contributed by atoms with Crippen LogP contribution in [0.3, 0.4) is 0 Å². The highest BCUT2D eigenvalue weighted by atomic mass is 32.1. The SMILES string of the molecule is CCOc1ccc([C@H]2C(C(=O)OC)=CN=c3s/c(=C\c4ccc(OC(C)C)cc4)c(=O)n32)cc1OCC. The van der Waals surface area contributed by atoms with Gasteiger partial charge in [0.2, 0.25) is 0 Å². The van der Waals surface area contributed by atoms with Crippen LogP contribution < -0.4 is 29.1 Å². The van der Waals surface area contributed by atoms with E-state index in [-0.39, 0.29) is 17.2 Å². The number of carbonyl (C=O) groups excluding carboxylic acids is 1. The molecular weight excluding hydrogens is 492 g/mol. The molecular formula is C28H30N2O6S. The van der Waals surface area contributed by atoms with Crippen LogP contribution >= 0.6 is 11.3 Å². The van der Waals surface area contributed by atoms with Crippen LogP contribution in [0.2, 0.25) is 0 Å². The summed E-state index contributed by atoms with van der Waals surface area (Å²) in [6.45, 7) is 8.63. The molecule has 0 amide bonds. The van der Waals surface area contributed by atoms with E-state index >= 15 is 0 Å². The Morgan fingerprint density at radius 3 is 2.43 bits per heavy atom. The summed E-state index contributed by atoms with van der Waals surface area (Å²) in [6.07, 6.45) is 3.36. The van der Waals surface area contributed by atoms with Gasteiger partial charge in [-0.2, -0.15) is 0 Å². The molecule has 194 valence electrons. The van der Waals surface area contributed by atoms with Gasteiger partial charge in [0.25, 0.3) is 5.56 Å². The number of benzene rings is 2. The number of aromatic nitrogens is 1.